The lowest BCUT2D eigenvalue weighted by Gasteiger charge is -2.22. The summed E-state index contributed by atoms with van der Waals surface area (Å²) in [6.45, 7) is 2.80. The van der Waals surface area contributed by atoms with Crippen molar-refractivity contribution in [1.82, 2.24) is 15.1 Å². The first-order chi connectivity index (χ1) is 12.0. The predicted molar refractivity (Wildman–Crippen MR) is 104 cm³/mol. The molecule has 25 heavy (non-hydrogen) atoms. The van der Waals surface area contributed by atoms with Crippen molar-refractivity contribution in [2.45, 2.75) is 19.5 Å². The molecule has 1 amide bonds. The van der Waals surface area contributed by atoms with Crippen LogP contribution >= 0.6 is 34.3 Å². The van der Waals surface area contributed by atoms with E-state index in [1.165, 1.54) is 16.2 Å². The smallest absolute Gasteiger partial charge is 0.286 e. The molecule has 1 aromatic carbocycles. The molecule has 0 bridgehead atoms. The fourth-order valence-electron chi connectivity index (χ4n) is 2.22. The van der Waals surface area contributed by atoms with Crippen LogP contribution in [0.15, 0.2) is 41.8 Å². The zero-order chi connectivity index (χ0) is 17.8. The van der Waals surface area contributed by atoms with Gasteiger partial charge in [-0.25, -0.2) is 0 Å². The highest BCUT2D eigenvalue weighted by molar-refractivity contribution is 7.13. The predicted octanol–water partition coefficient (Wildman–Crippen LogP) is 4.70. The number of amides is 1. The van der Waals surface area contributed by atoms with Gasteiger partial charge in [0.15, 0.2) is 0 Å². The summed E-state index contributed by atoms with van der Waals surface area (Å²) in [5.74, 6) is -0.264. The standard InChI is InChI=1S/C17H17ClN4OS2/c1-11(14-4-3-9-24-14)22(2)10-15-20-21-17(25-15)16(23)19-13-7-5-12(18)6-8-13/h3-9,11H,10H2,1-2H3,(H,19,23)/t11-/m0/s1. The molecule has 2 aromatic heterocycles. The first-order valence-electron chi connectivity index (χ1n) is 7.66. The van der Waals surface area contributed by atoms with Crippen LogP contribution in [0.4, 0.5) is 5.69 Å². The summed E-state index contributed by atoms with van der Waals surface area (Å²) >= 11 is 8.88. The summed E-state index contributed by atoms with van der Waals surface area (Å²) in [6, 6.07) is 11.4. The third kappa shape index (κ3) is 4.64. The molecule has 0 saturated heterocycles. The zero-order valence-corrected chi connectivity index (χ0v) is 16.2. The monoisotopic (exact) mass is 392 g/mol. The summed E-state index contributed by atoms with van der Waals surface area (Å²) in [6.07, 6.45) is 0. The SMILES string of the molecule is C[C@@H](c1cccs1)N(C)Cc1nnc(C(=O)Nc2ccc(Cl)cc2)s1. The second-order valence-electron chi connectivity index (χ2n) is 5.57. The van der Waals surface area contributed by atoms with Gasteiger partial charge in [0.1, 0.15) is 5.01 Å². The quantitative estimate of drug-likeness (QED) is 0.660. The number of hydrogen-bond donors (Lipinski definition) is 1. The number of rotatable bonds is 6. The maximum atomic E-state index is 12.3. The third-order valence-corrected chi connectivity index (χ3v) is 5.97. The van der Waals surface area contributed by atoms with Gasteiger partial charge in [0.2, 0.25) is 5.01 Å². The number of hydrogen-bond acceptors (Lipinski definition) is 6. The summed E-state index contributed by atoms with van der Waals surface area (Å²) in [5.41, 5.74) is 0.676. The number of aromatic nitrogens is 2. The van der Waals surface area contributed by atoms with Crippen LogP contribution in [0.3, 0.4) is 0 Å². The minimum atomic E-state index is -0.264. The minimum absolute atomic E-state index is 0.264. The van der Waals surface area contributed by atoms with E-state index in [9.17, 15) is 4.79 Å². The lowest BCUT2D eigenvalue weighted by molar-refractivity contribution is 0.102. The number of carbonyl (C=O) groups is 1. The first kappa shape index (κ1) is 18.0. The Morgan fingerprint density at radius 2 is 2.04 bits per heavy atom. The van der Waals surface area contributed by atoms with Gasteiger partial charge in [-0.1, -0.05) is 29.0 Å². The van der Waals surface area contributed by atoms with Crippen LogP contribution in [0.25, 0.3) is 0 Å². The average Bonchev–Trinajstić information content (AvgIpc) is 3.28. The van der Waals surface area contributed by atoms with Crippen molar-refractivity contribution in [2.24, 2.45) is 0 Å². The number of nitrogens with one attached hydrogen (secondary N) is 1. The van der Waals surface area contributed by atoms with Gasteiger partial charge in [0, 0.05) is 21.6 Å². The number of halogens is 1. The molecule has 0 saturated carbocycles. The Morgan fingerprint density at radius 1 is 1.28 bits per heavy atom. The van der Waals surface area contributed by atoms with E-state index in [1.807, 2.05) is 7.05 Å². The average molecular weight is 393 g/mol. The lowest BCUT2D eigenvalue weighted by atomic mass is 10.2. The molecule has 0 aliphatic heterocycles. The van der Waals surface area contributed by atoms with Crippen LogP contribution in [0.1, 0.15) is 32.7 Å². The van der Waals surface area contributed by atoms with Gasteiger partial charge in [-0.3, -0.25) is 9.69 Å². The van der Waals surface area contributed by atoms with Crippen molar-refractivity contribution in [3.05, 3.63) is 61.7 Å². The van der Waals surface area contributed by atoms with Crippen LogP contribution in [0.5, 0.6) is 0 Å². The van der Waals surface area contributed by atoms with Crippen LogP contribution in [0.2, 0.25) is 5.02 Å². The Labute approximate surface area is 159 Å². The highest BCUT2D eigenvalue weighted by atomic mass is 35.5. The van der Waals surface area contributed by atoms with Crippen LogP contribution in [-0.2, 0) is 6.54 Å². The molecule has 0 aliphatic carbocycles. The normalized spacial score (nSPS) is 12.3. The van der Waals surface area contributed by atoms with E-state index in [-0.39, 0.29) is 11.9 Å². The second-order valence-corrected chi connectivity index (χ2v) is 8.05. The molecule has 2 heterocycles. The molecule has 0 unspecified atom stereocenters. The summed E-state index contributed by atoms with van der Waals surface area (Å²) in [4.78, 5) is 15.8. The molecule has 3 aromatic rings. The van der Waals surface area contributed by atoms with Crippen molar-refractivity contribution in [3.63, 3.8) is 0 Å². The Kier molecular flexibility index (Phi) is 5.80. The molecule has 0 fully saturated rings. The Balaban J connectivity index is 1.61. The maximum Gasteiger partial charge on any atom is 0.286 e. The van der Waals surface area contributed by atoms with E-state index < -0.39 is 0 Å². The van der Waals surface area contributed by atoms with Crippen LogP contribution < -0.4 is 5.32 Å². The highest BCUT2D eigenvalue weighted by Crippen LogP contribution is 2.25. The van der Waals surface area contributed by atoms with E-state index in [4.69, 9.17) is 11.6 Å². The largest absolute Gasteiger partial charge is 0.320 e. The van der Waals surface area contributed by atoms with E-state index in [0.29, 0.717) is 22.3 Å². The van der Waals surface area contributed by atoms with Crippen molar-refractivity contribution < 1.29 is 4.79 Å². The van der Waals surface area contributed by atoms with Gasteiger partial charge in [-0.15, -0.1) is 21.5 Å². The van der Waals surface area contributed by atoms with Crippen LogP contribution in [0, 0.1) is 0 Å². The van der Waals surface area contributed by atoms with E-state index >= 15 is 0 Å². The molecule has 0 aliphatic rings. The summed E-state index contributed by atoms with van der Waals surface area (Å²) in [7, 11) is 2.04. The lowest BCUT2D eigenvalue weighted by Crippen LogP contribution is -2.21. The van der Waals surface area contributed by atoms with E-state index in [0.717, 1.165) is 5.01 Å². The number of benzene rings is 1. The van der Waals surface area contributed by atoms with Gasteiger partial charge < -0.3 is 5.32 Å². The fourth-order valence-corrected chi connectivity index (χ4v) is 4.00. The van der Waals surface area contributed by atoms with Gasteiger partial charge in [0.25, 0.3) is 5.91 Å². The van der Waals surface area contributed by atoms with Crippen molar-refractivity contribution in [1.29, 1.82) is 0 Å². The first-order valence-corrected chi connectivity index (χ1v) is 9.73. The minimum Gasteiger partial charge on any atom is -0.320 e. The molecule has 1 atom stereocenters. The Bertz CT molecular complexity index is 833. The zero-order valence-electron chi connectivity index (χ0n) is 13.8. The van der Waals surface area contributed by atoms with Crippen molar-refractivity contribution >= 4 is 45.9 Å². The highest BCUT2D eigenvalue weighted by Gasteiger charge is 2.17. The van der Waals surface area contributed by atoms with Gasteiger partial charge in [-0.2, -0.15) is 0 Å². The molecule has 3 rings (SSSR count). The number of anilines is 1. The topological polar surface area (TPSA) is 58.1 Å². The van der Waals surface area contributed by atoms with Gasteiger partial charge in [-0.05, 0) is 49.7 Å². The molecule has 5 nitrogen and oxygen atoms in total. The van der Waals surface area contributed by atoms with Crippen molar-refractivity contribution in [2.75, 3.05) is 12.4 Å². The Hall–Kier alpha value is -1.80. The number of thiophene rings is 1. The number of nitrogens with zero attached hydrogens (tertiary/aromatic N) is 3. The molecular formula is C17H17ClN4OS2. The third-order valence-electron chi connectivity index (χ3n) is 3.76. The van der Waals surface area contributed by atoms with Crippen molar-refractivity contribution in [3.8, 4) is 0 Å². The summed E-state index contributed by atoms with van der Waals surface area (Å²) < 4.78 is 0. The van der Waals surface area contributed by atoms with Gasteiger partial charge >= 0.3 is 0 Å². The molecule has 130 valence electrons. The maximum absolute atomic E-state index is 12.3. The molecule has 0 spiro atoms. The summed E-state index contributed by atoms with van der Waals surface area (Å²) in [5, 5.41) is 14.8. The number of carbonyl (C=O) groups excluding carboxylic acids is 1. The second kappa shape index (κ2) is 8.05. The van der Waals surface area contributed by atoms with Crippen LogP contribution in [-0.4, -0.2) is 28.1 Å². The van der Waals surface area contributed by atoms with E-state index in [1.54, 1.807) is 35.6 Å². The molecule has 1 N–H and O–H groups in total. The molecular weight excluding hydrogens is 376 g/mol. The molecule has 8 heteroatoms. The van der Waals surface area contributed by atoms with E-state index in [2.05, 4.69) is 44.9 Å². The fraction of sp³-hybridized carbons (Fsp3) is 0.235. The Morgan fingerprint density at radius 3 is 2.72 bits per heavy atom. The molecule has 0 radical (unpaired) electrons. The van der Waals surface area contributed by atoms with Gasteiger partial charge in [0.05, 0.1) is 6.54 Å².